The predicted molar refractivity (Wildman–Crippen MR) is 108 cm³/mol. The van der Waals surface area contributed by atoms with Gasteiger partial charge in [-0.2, -0.15) is 9.61 Å². The van der Waals surface area contributed by atoms with E-state index in [9.17, 15) is 0 Å². The quantitative estimate of drug-likeness (QED) is 0.420. The molecule has 0 atom stereocenters. The number of nitrogens with zero attached hydrogens (tertiary/aromatic N) is 6. The summed E-state index contributed by atoms with van der Waals surface area (Å²) in [6.07, 6.45) is 11.9. The van der Waals surface area contributed by atoms with Crippen LogP contribution in [0.1, 0.15) is 12.0 Å². The Morgan fingerprint density at radius 2 is 2.07 bits per heavy atom. The van der Waals surface area contributed by atoms with Gasteiger partial charge < -0.3 is 15.2 Å². The second-order valence-electron chi connectivity index (χ2n) is 6.05. The van der Waals surface area contributed by atoms with Crippen molar-refractivity contribution in [2.75, 3.05) is 17.2 Å². The highest BCUT2D eigenvalue weighted by atomic mass is 79.9. The van der Waals surface area contributed by atoms with Crippen molar-refractivity contribution in [1.82, 2.24) is 29.1 Å². The summed E-state index contributed by atoms with van der Waals surface area (Å²) in [6.45, 7) is 2.39. The Morgan fingerprint density at radius 3 is 2.89 bits per heavy atom. The Labute approximate surface area is 164 Å². The molecule has 27 heavy (non-hydrogen) atoms. The molecule has 4 aromatic rings. The zero-order valence-corrected chi connectivity index (χ0v) is 16.2. The number of anilines is 2. The number of halogens is 1. The van der Waals surface area contributed by atoms with E-state index in [2.05, 4.69) is 51.2 Å². The summed E-state index contributed by atoms with van der Waals surface area (Å²) in [5.41, 5.74) is 1.87. The van der Waals surface area contributed by atoms with E-state index in [1.807, 2.05) is 36.9 Å². The molecule has 0 fully saturated rings. The largest absolute Gasteiger partial charge is 0.370 e. The second kappa shape index (κ2) is 8.17. The maximum absolute atomic E-state index is 4.66. The first-order chi connectivity index (χ1) is 13.3. The van der Waals surface area contributed by atoms with Gasteiger partial charge in [-0.05, 0) is 34.0 Å². The third kappa shape index (κ3) is 4.25. The lowest BCUT2D eigenvalue weighted by Gasteiger charge is -2.12. The number of hydrogen-bond acceptors (Lipinski definition) is 6. The van der Waals surface area contributed by atoms with Crippen molar-refractivity contribution in [3.8, 4) is 0 Å². The first kappa shape index (κ1) is 17.5. The summed E-state index contributed by atoms with van der Waals surface area (Å²) >= 11 is 3.52. The summed E-state index contributed by atoms with van der Waals surface area (Å²) in [7, 11) is 0. The van der Waals surface area contributed by atoms with Gasteiger partial charge in [0.1, 0.15) is 11.6 Å². The standard InChI is InChI=1S/C18H19BrN8/c19-15-12-24-27-17(23-11-14-3-1-4-20-10-14)9-16(25-18(15)27)22-5-2-7-26-8-6-21-13-26/h1,3-4,6,8-10,12-13,23H,2,5,7,11H2,(H,22,25). The molecule has 0 saturated heterocycles. The minimum Gasteiger partial charge on any atom is -0.370 e. The molecule has 0 aromatic carbocycles. The Morgan fingerprint density at radius 1 is 1.11 bits per heavy atom. The van der Waals surface area contributed by atoms with E-state index >= 15 is 0 Å². The van der Waals surface area contributed by atoms with Crippen molar-refractivity contribution >= 4 is 33.2 Å². The van der Waals surface area contributed by atoms with Gasteiger partial charge >= 0.3 is 0 Å². The van der Waals surface area contributed by atoms with Crippen molar-refractivity contribution in [3.63, 3.8) is 0 Å². The van der Waals surface area contributed by atoms with Crippen LogP contribution in [0.15, 0.2) is 60.0 Å². The van der Waals surface area contributed by atoms with Gasteiger partial charge in [0.25, 0.3) is 0 Å². The number of hydrogen-bond donors (Lipinski definition) is 2. The molecule has 0 spiro atoms. The number of fused-ring (bicyclic) bond motifs is 1. The van der Waals surface area contributed by atoms with Crippen LogP contribution in [0.25, 0.3) is 5.65 Å². The Bertz CT molecular complexity index is 997. The molecular weight excluding hydrogens is 408 g/mol. The molecular formula is C18H19BrN8. The van der Waals surface area contributed by atoms with E-state index in [0.29, 0.717) is 6.54 Å². The molecule has 2 N–H and O–H groups in total. The van der Waals surface area contributed by atoms with E-state index in [-0.39, 0.29) is 0 Å². The zero-order chi connectivity index (χ0) is 18.5. The minimum absolute atomic E-state index is 0.657. The van der Waals surface area contributed by atoms with Crippen LogP contribution in [0.5, 0.6) is 0 Å². The van der Waals surface area contributed by atoms with E-state index in [1.165, 1.54) is 0 Å². The maximum Gasteiger partial charge on any atom is 0.173 e. The number of aromatic nitrogens is 6. The topological polar surface area (TPSA) is 85.0 Å². The number of imidazole rings is 1. The van der Waals surface area contributed by atoms with Crippen LogP contribution in [0.2, 0.25) is 0 Å². The summed E-state index contributed by atoms with van der Waals surface area (Å²) in [4.78, 5) is 12.9. The molecule has 0 unspecified atom stereocenters. The fourth-order valence-corrected chi connectivity index (χ4v) is 3.09. The van der Waals surface area contributed by atoms with Crippen molar-refractivity contribution in [2.24, 2.45) is 0 Å². The van der Waals surface area contributed by atoms with Crippen LogP contribution in [-0.4, -0.2) is 35.7 Å². The number of aryl methyl sites for hydroxylation is 1. The van der Waals surface area contributed by atoms with E-state index in [1.54, 1.807) is 23.1 Å². The Kier molecular flexibility index (Phi) is 5.29. The van der Waals surface area contributed by atoms with E-state index in [4.69, 9.17) is 0 Å². The van der Waals surface area contributed by atoms with Gasteiger partial charge in [0, 0.05) is 50.5 Å². The van der Waals surface area contributed by atoms with Gasteiger partial charge in [0.05, 0.1) is 17.0 Å². The number of nitrogens with one attached hydrogen (secondary N) is 2. The number of rotatable bonds is 8. The van der Waals surface area contributed by atoms with Gasteiger partial charge in [0.15, 0.2) is 5.65 Å². The first-order valence-electron chi connectivity index (χ1n) is 8.66. The van der Waals surface area contributed by atoms with Gasteiger partial charge in [-0.25, -0.2) is 9.97 Å². The molecule has 4 aromatic heterocycles. The van der Waals surface area contributed by atoms with Crippen molar-refractivity contribution in [2.45, 2.75) is 19.5 Å². The second-order valence-corrected chi connectivity index (χ2v) is 6.90. The normalized spacial score (nSPS) is 11.0. The third-order valence-corrected chi connectivity index (χ3v) is 4.64. The minimum atomic E-state index is 0.657. The molecule has 0 amide bonds. The molecule has 0 radical (unpaired) electrons. The highest BCUT2D eigenvalue weighted by Gasteiger charge is 2.10. The molecule has 4 heterocycles. The molecule has 9 heteroatoms. The highest BCUT2D eigenvalue weighted by Crippen LogP contribution is 2.22. The van der Waals surface area contributed by atoms with Gasteiger partial charge in [-0.15, -0.1) is 0 Å². The van der Waals surface area contributed by atoms with Crippen LogP contribution in [0.4, 0.5) is 11.6 Å². The highest BCUT2D eigenvalue weighted by molar-refractivity contribution is 9.10. The van der Waals surface area contributed by atoms with Gasteiger partial charge in [0.2, 0.25) is 0 Å². The fraction of sp³-hybridized carbons (Fsp3) is 0.222. The summed E-state index contributed by atoms with van der Waals surface area (Å²) in [5.74, 6) is 1.68. The van der Waals surface area contributed by atoms with Crippen LogP contribution in [-0.2, 0) is 13.1 Å². The lowest BCUT2D eigenvalue weighted by molar-refractivity contribution is 0.660. The monoisotopic (exact) mass is 426 g/mol. The van der Waals surface area contributed by atoms with Crippen LogP contribution < -0.4 is 10.6 Å². The molecule has 0 bridgehead atoms. The summed E-state index contributed by atoms with van der Waals surface area (Å²) < 4.78 is 4.71. The van der Waals surface area contributed by atoms with Gasteiger partial charge in [-0.1, -0.05) is 6.07 Å². The van der Waals surface area contributed by atoms with Crippen molar-refractivity contribution < 1.29 is 0 Å². The third-order valence-electron chi connectivity index (χ3n) is 4.08. The Hall–Kier alpha value is -2.94. The molecule has 0 saturated carbocycles. The van der Waals surface area contributed by atoms with Crippen molar-refractivity contribution in [1.29, 1.82) is 0 Å². The smallest absolute Gasteiger partial charge is 0.173 e. The van der Waals surface area contributed by atoms with Crippen LogP contribution in [0, 0.1) is 0 Å². The molecule has 138 valence electrons. The molecule has 0 aliphatic rings. The molecule has 4 rings (SSSR count). The maximum atomic E-state index is 4.66. The molecule has 0 aliphatic carbocycles. The lowest BCUT2D eigenvalue weighted by atomic mass is 10.3. The van der Waals surface area contributed by atoms with E-state index in [0.717, 1.165) is 46.8 Å². The predicted octanol–water partition coefficient (Wildman–Crippen LogP) is 3.20. The number of pyridine rings is 1. The molecule has 0 aliphatic heterocycles. The van der Waals surface area contributed by atoms with Gasteiger partial charge in [-0.3, -0.25) is 4.98 Å². The summed E-state index contributed by atoms with van der Waals surface area (Å²) in [6, 6.07) is 5.93. The van der Waals surface area contributed by atoms with Crippen molar-refractivity contribution in [3.05, 3.63) is 65.5 Å². The average molecular weight is 427 g/mol. The summed E-state index contributed by atoms with van der Waals surface area (Å²) in [5, 5.41) is 11.2. The first-order valence-corrected chi connectivity index (χ1v) is 9.45. The van der Waals surface area contributed by atoms with Crippen LogP contribution in [0.3, 0.4) is 0 Å². The lowest BCUT2D eigenvalue weighted by Crippen LogP contribution is -2.10. The van der Waals surface area contributed by atoms with Crippen LogP contribution >= 0.6 is 15.9 Å². The fourth-order valence-electron chi connectivity index (χ4n) is 2.74. The van der Waals surface area contributed by atoms with E-state index < -0.39 is 0 Å². The zero-order valence-electron chi connectivity index (χ0n) is 14.6. The average Bonchev–Trinajstić information content (AvgIpc) is 3.35. The Balaban J connectivity index is 1.46. The SMILES string of the molecule is Brc1cnn2c(NCc3cccnc3)cc(NCCCn3ccnc3)nc12. The molecule has 8 nitrogen and oxygen atoms in total.